The summed E-state index contributed by atoms with van der Waals surface area (Å²) in [4.78, 5) is 2.12. The van der Waals surface area contributed by atoms with Gasteiger partial charge in [0.15, 0.2) is 0 Å². The Labute approximate surface area is 132 Å². The van der Waals surface area contributed by atoms with Gasteiger partial charge in [-0.2, -0.15) is 0 Å². The van der Waals surface area contributed by atoms with E-state index >= 15 is 0 Å². The van der Waals surface area contributed by atoms with Gasteiger partial charge >= 0.3 is 0 Å². The van der Waals surface area contributed by atoms with Crippen LogP contribution in [0.2, 0.25) is 0 Å². The molecule has 1 aliphatic carbocycles. The molecule has 0 bridgehead atoms. The van der Waals surface area contributed by atoms with E-state index in [1.165, 1.54) is 28.0 Å². The van der Waals surface area contributed by atoms with Gasteiger partial charge in [-0.15, -0.1) is 0 Å². The fourth-order valence-electron chi connectivity index (χ4n) is 2.72. The quantitative estimate of drug-likeness (QED) is 0.761. The number of rotatable bonds is 3. The number of hydrogen-bond acceptors (Lipinski definition) is 1. The van der Waals surface area contributed by atoms with Crippen LogP contribution in [-0.2, 0) is 0 Å². The Balaban J connectivity index is 2.12. The minimum Gasteiger partial charge on any atom is -0.378 e. The molecule has 22 heavy (non-hydrogen) atoms. The lowest BCUT2D eigenvalue weighted by molar-refractivity contribution is 1.13. The lowest BCUT2D eigenvalue weighted by Gasteiger charge is -2.16. The normalized spacial score (nSPS) is 13.3. The van der Waals surface area contributed by atoms with Gasteiger partial charge < -0.3 is 4.90 Å². The molecule has 0 radical (unpaired) electrons. The van der Waals surface area contributed by atoms with Crippen LogP contribution in [0.15, 0.2) is 84.5 Å². The Morgan fingerprint density at radius 1 is 0.773 bits per heavy atom. The van der Waals surface area contributed by atoms with Gasteiger partial charge in [-0.1, -0.05) is 66.8 Å². The van der Waals surface area contributed by atoms with Crippen molar-refractivity contribution in [3.8, 4) is 0 Å². The first-order valence-electron chi connectivity index (χ1n) is 7.66. The highest BCUT2D eigenvalue weighted by molar-refractivity contribution is 5.85. The van der Waals surface area contributed by atoms with Crippen molar-refractivity contribution in [3.63, 3.8) is 0 Å². The molecule has 3 rings (SSSR count). The monoisotopic (exact) mass is 287 g/mol. The average Bonchev–Trinajstić information content (AvgIpc) is 2.57. The van der Waals surface area contributed by atoms with E-state index in [9.17, 15) is 0 Å². The second-order valence-electron chi connectivity index (χ2n) is 5.68. The largest absolute Gasteiger partial charge is 0.378 e. The molecule has 0 atom stereocenters. The van der Waals surface area contributed by atoms with Crippen molar-refractivity contribution in [2.45, 2.75) is 6.42 Å². The summed E-state index contributed by atoms with van der Waals surface area (Å²) in [5.74, 6) is 0. The van der Waals surface area contributed by atoms with E-state index in [0.717, 1.165) is 6.42 Å². The van der Waals surface area contributed by atoms with Crippen molar-refractivity contribution < 1.29 is 0 Å². The van der Waals surface area contributed by atoms with Crippen LogP contribution in [0.25, 0.3) is 5.57 Å². The van der Waals surface area contributed by atoms with E-state index in [1.54, 1.807) is 0 Å². The number of allylic oxidation sites excluding steroid dienone is 5. The van der Waals surface area contributed by atoms with Gasteiger partial charge in [0.1, 0.15) is 0 Å². The maximum atomic E-state index is 2.22. The average molecular weight is 287 g/mol. The fraction of sp³-hybridized carbons (Fsp3) is 0.143. The SMILES string of the molecule is CN(C)c1ccc(C(=C2C=CCC=C2)c2ccccc2)cc1. The molecule has 0 spiro atoms. The van der Waals surface area contributed by atoms with Crippen LogP contribution in [0, 0.1) is 0 Å². The van der Waals surface area contributed by atoms with E-state index in [4.69, 9.17) is 0 Å². The highest BCUT2D eigenvalue weighted by atomic mass is 15.1. The van der Waals surface area contributed by atoms with Crippen molar-refractivity contribution in [2.24, 2.45) is 0 Å². The standard InChI is InChI=1S/C21H21N/c1-22(2)20-15-13-19(14-16-20)21(17-9-5-3-6-10-17)18-11-7-4-8-12-18/h3,5-16H,4H2,1-2H3. The smallest absolute Gasteiger partial charge is 0.0361 e. The van der Waals surface area contributed by atoms with Crippen LogP contribution >= 0.6 is 0 Å². The Hall–Kier alpha value is -2.54. The first-order chi connectivity index (χ1) is 10.8. The molecule has 0 heterocycles. The molecule has 2 aromatic rings. The molecule has 0 aliphatic heterocycles. The first kappa shape index (κ1) is 14.4. The van der Waals surface area contributed by atoms with Crippen LogP contribution in [0.1, 0.15) is 17.5 Å². The lowest BCUT2D eigenvalue weighted by atomic mass is 9.91. The summed E-state index contributed by atoms with van der Waals surface area (Å²) < 4.78 is 0. The molecule has 0 saturated heterocycles. The second kappa shape index (κ2) is 6.48. The summed E-state index contributed by atoms with van der Waals surface area (Å²) in [5.41, 5.74) is 6.29. The third kappa shape index (κ3) is 3.04. The molecule has 0 saturated carbocycles. The van der Waals surface area contributed by atoms with E-state index < -0.39 is 0 Å². The molecular weight excluding hydrogens is 266 g/mol. The van der Waals surface area contributed by atoms with Crippen molar-refractivity contribution in [2.75, 3.05) is 19.0 Å². The number of hydrogen-bond donors (Lipinski definition) is 0. The minimum absolute atomic E-state index is 1.02. The van der Waals surface area contributed by atoms with E-state index in [-0.39, 0.29) is 0 Å². The highest BCUT2D eigenvalue weighted by Crippen LogP contribution is 2.30. The third-order valence-electron chi connectivity index (χ3n) is 3.89. The zero-order valence-corrected chi connectivity index (χ0v) is 13.2. The van der Waals surface area contributed by atoms with Crippen LogP contribution in [0.3, 0.4) is 0 Å². The zero-order chi connectivity index (χ0) is 15.4. The Kier molecular flexibility index (Phi) is 4.24. The molecule has 0 aromatic heterocycles. The number of nitrogens with zero attached hydrogens (tertiary/aromatic N) is 1. The molecule has 2 aromatic carbocycles. The second-order valence-corrected chi connectivity index (χ2v) is 5.68. The van der Waals surface area contributed by atoms with Crippen molar-refractivity contribution in [3.05, 3.63) is 95.6 Å². The van der Waals surface area contributed by atoms with Gasteiger partial charge in [0.2, 0.25) is 0 Å². The van der Waals surface area contributed by atoms with Gasteiger partial charge in [0.05, 0.1) is 0 Å². The summed E-state index contributed by atoms with van der Waals surface area (Å²) in [6.45, 7) is 0. The third-order valence-corrected chi connectivity index (χ3v) is 3.89. The Morgan fingerprint density at radius 3 is 1.95 bits per heavy atom. The molecule has 1 aliphatic rings. The summed E-state index contributed by atoms with van der Waals surface area (Å²) in [6.07, 6.45) is 9.90. The summed E-state index contributed by atoms with van der Waals surface area (Å²) in [5, 5.41) is 0. The molecule has 0 N–H and O–H groups in total. The Bertz CT molecular complexity index is 702. The lowest BCUT2D eigenvalue weighted by Crippen LogP contribution is -2.08. The molecule has 0 unspecified atom stereocenters. The maximum absolute atomic E-state index is 2.22. The molecule has 110 valence electrons. The van der Waals surface area contributed by atoms with Crippen LogP contribution in [-0.4, -0.2) is 14.1 Å². The van der Waals surface area contributed by atoms with Crippen molar-refractivity contribution in [1.82, 2.24) is 0 Å². The van der Waals surface area contributed by atoms with Crippen molar-refractivity contribution in [1.29, 1.82) is 0 Å². The Morgan fingerprint density at radius 2 is 1.36 bits per heavy atom. The van der Waals surface area contributed by atoms with Crippen LogP contribution in [0.5, 0.6) is 0 Å². The fourth-order valence-corrected chi connectivity index (χ4v) is 2.72. The number of benzene rings is 2. The first-order valence-corrected chi connectivity index (χ1v) is 7.66. The van der Waals surface area contributed by atoms with Crippen molar-refractivity contribution >= 4 is 11.3 Å². The number of anilines is 1. The van der Waals surface area contributed by atoms with E-state index in [0.29, 0.717) is 0 Å². The molecule has 1 heteroatoms. The summed E-state index contributed by atoms with van der Waals surface area (Å²) in [7, 11) is 4.14. The van der Waals surface area contributed by atoms with Gasteiger partial charge in [-0.05, 0) is 40.8 Å². The summed E-state index contributed by atoms with van der Waals surface area (Å²) in [6, 6.07) is 19.4. The molecule has 1 nitrogen and oxygen atoms in total. The van der Waals surface area contributed by atoms with E-state index in [2.05, 4.69) is 97.9 Å². The molecular formula is C21H21N. The van der Waals surface area contributed by atoms with Crippen LogP contribution < -0.4 is 4.90 Å². The predicted octanol–water partition coefficient (Wildman–Crippen LogP) is 5.07. The minimum atomic E-state index is 1.02. The highest BCUT2D eigenvalue weighted by Gasteiger charge is 2.10. The van der Waals surface area contributed by atoms with Gasteiger partial charge in [-0.25, -0.2) is 0 Å². The zero-order valence-electron chi connectivity index (χ0n) is 13.2. The van der Waals surface area contributed by atoms with Crippen LogP contribution in [0.4, 0.5) is 5.69 Å². The van der Waals surface area contributed by atoms with Gasteiger partial charge in [0, 0.05) is 19.8 Å². The summed E-state index contributed by atoms with van der Waals surface area (Å²) >= 11 is 0. The molecule has 0 amide bonds. The predicted molar refractivity (Wildman–Crippen MR) is 96.1 cm³/mol. The maximum Gasteiger partial charge on any atom is 0.0361 e. The van der Waals surface area contributed by atoms with Gasteiger partial charge in [-0.3, -0.25) is 0 Å². The topological polar surface area (TPSA) is 3.24 Å². The van der Waals surface area contributed by atoms with Gasteiger partial charge in [0.25, 0.3) is 0 Å². The van der Waals surface area contributed by atoms with E-state index in [1.807, 2.05) is 0 Å². The molecule has 0 fully saturated rings.